The monoisotopic (exact) mass is 486 g/mol. The van der Waals surface area contributed by atoms with Gasteiger partial charge >= 0.3 is 0 Å². The number of rotatable bonds is 4. The second-order valence-corrected chi connectivity index (χ2v) is 9.19. The van der Waals surface area contributed by atoms with Crippen LogP contribution in [0.3, 0.4) is 0 Å². The maximum absolute atomic E-state index is 9.76. The van der Waals surface area contributed by atoms with E-state index in [0.29, 0.717) is 5.75 Å². The van der Waals surface area contributed by atoms with Crippen LogP contribution in [0.5, 0.6) is 17.2 Å². The Kier molecular flexibility index (Phi) is 4.98. The molecule has 5 nitrogen and oxygen atoms in total. The molecule has 0 atom stereocenters. The third kappa shape index (κ3) is 3.39. The van der Waals surface area contributed by atoms with Crippen LogP contribution in [0.4, 0.5) is 0 Å². The van der Waals surface area contributed by atoms with E-state index in [2.05, 4.69) is 77.3 Å². The molecule has 0 saturated heterocycles. The van der Waals surface area contributed by atoms with Crippen molar-refractivity contribution >= 4 is 27.1 Å². The average molecular weight is 487 g/mol. The number of fused-ring (bicyclic) bond motifs is 6. The first-order valence-electron chi connectivity index (χ1n) is 12.2. The minimum Gasteiger partial charge on any atom is -0.495 e. The molecule has 7 rings (SSSR count). The summed E-state index contributed by atoms with van der Waals surface area (Å²) in [7, 11) is 1.64. The summed E-state index contributed by atoms with van der Waals surface area (Å²) in [5, 5.41) is 13.8. The second kappa shape index (κ2) is 8.50. The molecule has 4 aromatic carbocycles. The first kappa shape index (κ1) is 21.7. The van der Waals surface area contributed by atoms with Gasteiger partial charge in [-0.3, -0.25) is 0 Å². The van der Waals surface area contributed by atoms with Crippen molar-refractivity contribution in [3.8, 4) is 39.5 Å². The van der Waals surface area contributed by atoms with Gasteiger partial charge in [-0.1, -0.05) is 66.7 Å². The highest BCUT2D eigenvalue weighted by Gasteiger charge is 2.26. The van der Waals surface area contributed by atoms with Gasteiger partial charge in [0.25, 0.3) is 0 Å². The van der Waals surface area contributed by atoms with Crippen molar-refractivity contribution in [2.45, 2.75) is 6.61 Å². The lowest BCUT2D eigenvalue weighted by atomic mass is 9.96. The summed E-state index contributed by atoms with van der Waals surface area (Å²) in [4.78, 5) is 0. The lowest BCUT2D eigenvalue weighted by molar-refractivity contribution is -0.509. The molecule has 0 fully saturated rings. The van der Waals surface area contributed by atoms with Gasteiger partial charge in [-0.05, 0) is 28.1 Å². The predicted molar refractivity (Wildman–Crippen MR) is 144 cm³/mol. The SMILES string of the molecule is COc1c(CO)ccc2cc3c4cc(-c5ccc(-c6ccccc6)cc5)c5c(c4cc[n+]3cc12)OCO5. The fourth-order valence-electron chi connectivity index (χ4n) is 5.36. The lowest BCUT2D eigenvalue weighted by Gasteiger charge is -2.12. The van der Waals surface area contributed by atoms with E-state index in [9.17, 15) is 5.11 Å². The molecular formula is C32H24NO4+. The van der Waals surface area contributed by atoms with Gasteiger partial charge in [-0.2, -0.15) is 4.40 Å². The third-order valence-electron chi connectivity index (χ3n) is 7.19. The fraction of sp³-hybridized carbons (Fsp3) is 0.0938. The van der Waals surface area contributed by atoms with E-state index in [0.717, 1.165) is 55.3 Å². The van der Waals surface area contributed by atoms with Gasteiger partial charge in [-0.25, -0.2) is 0 Å². The van der Waals surface area contributed by atoms with Crippen LogP contribution in [0.15, 0.2) is 97.3 Å². The van der Waals surface area contributed by atoms with E-state index in [1.54, 1.807) is 7.11 Å². The van der Waals surface area contributed by atoms with Gasteiger partial charge in [0.05, 0.1) is 24.5 Å². The zero-order valence-electron chi connectivity index (χ0n) is 20.3. The summed E-state index contributed by atoms with van der Waals surface area (Å²) in [5.41, 5.74) is 6.24. The molecule has 5 heteroatoms. The molecule has 2 aromatic heterocycles. The van der Waals surface area contributed by atoms with Crippen molar-refractivity contribution in [1.29, 1.82) is 0 Å². The highest BCUT2D eigenvalue weighted by molar-refractivity contribution is 6.05. The number of aromatic nitrogens is 1. The van der Waals surface area contributed by atoms with Crippen LogP contribution in [-0.4, -0.2) is 19.0 Å². The lowest BCUT2D eigenvalue weighted by Crippen LogP contribution is -2.21. The van der Waals surface area contributed by atoms with Gasteiger partial charge in [-0.15, -0.1) is 0 Å². The number of nitrogens with zero attached hydrogens (tertiary/aromatic N) is 1. The average Bonchev–Trinajstić information content (AvgIpc) is 3.46. The molecule has 1 N–H and O–H groups in total. The number of aliphatic hydroxyl groups excluding tert-OH is 1. The third-order valence-corrected chi connectivity index (χ3v) is 7.19. The molecule has 180 valence electrons. The Labute approximate surface area is 213 Å². The Morgan fingerprint density at radius 3 is 2.32 bits per heavy atom. The van der Waals surface area contributed by atoms with E-state index >= 15 is 0 Å². The molecule has 0 amide bonds. The van der Waals surface area contributed by atoms with E-state index in [1.807, 2.05) is 24.4 Å². The Bertz CT molecular complexity index is 1810. The Hall–Kier alpha value is -4.61. The largest absolute Gasteiger partial charge is 0.495 e. The normalized spacial score (nSPS) is 12.5. The summed E-state index contributed by atoms with van der Waals surface area (Å²) in [6.45, 7) is 0.128. The molecule has 6 aromatic rings. The van der Waals surface area contributed by atoms with Crippen LogP contribution in [-0.2, 0) is 6.61 Å². The molecular weight excluding hydrogens is 462 g/mol. The quantitative estimate of drug-likeness (QED) is 0.181. The number of benzene rings is 4. The molecule has 0 saturated carbocycles. The molecule has 1 aliphatic heterocycles. The summed E-state index contributed by atoms with van der Waals surface area (Å²) < 4.78 is 19.7. The number of hydrogen-bond acceptors (Lipinski definition) is 4. The molecule has 0 radical (unpaired) electrons. The Balaban J connectivity index is 1.45. The van der Waals surface area contributed by atoms with Gasteiger partial charge in [0.15, 0.2) is 23.9 Å². The van der Waals surface area contributed by atoms with E-state index in [-0.39, 0.29) is 13.4 Å². The van der Waals surface area contributed by atoms with Gasteiger partial charge in [0, 0.05) is 28.6 Å². The standard InChI is InChI=1S/C32H24NO4/c1-35-30-24(18-34)12-11-23-15-29-27-16-26(22-9-7-21(8-10-22)20-5-3-2-4-6-20)32-31(36-19-37-32)25(27)13-14-33(29)17-28(23)30/h2-17,34H,18-19H2,1H3/q+1. The molecule has 0 unspecified atom stereocenters. The minimum absolute atomic E-state index is 0.0740. The molecule has 0 aliphatic carbocycles. The van der Waals surface area contributed by atoms with Crippen LogP contribution in [0.25, 0.3) is 49.3 Å². The van der Waals surface area contributed by atoms with E-state index < -0.39 is 0 Å². The van der Waals surface area contributed by atoms with Crippen LogP contribution < -0.4 is 18.6 Å². The summed E-state index contributed by atoms with van der Waals surface area (Å²) in [6, 6.07) is 29.3. The van der Waals surface area contributed by atoms with Crippen LogP contribution in [0.1, 0.15) is 5.56 Å². The van der Waals surface area contributed by atoms with E-state index in [4.69, 9.17) is 14.2 Å². The van der Waals surface area contributed by atoms with Crippen LogP contribution >= 0.6 is 0 Å². The van der Waals surface area contributed by atoms with Crippen LogP contribution in [0.2, 0.25) is 0 Å². The summed E-state index contributed by atoms with van der Waals surface area (Å²) >= 11 is 0. The smallest absolute Gasteiger partial charge is 0.231 e. The van der Waals surface area contributed by atoms with Gasteiger partial charge in [0.1, 0.15) is 5.75 Å². The number of pyridine rings is 2. The van der Waals surface area contributed by atoms with Gasteiger partial charge in [0.2, 0.25) is 12.3 Å². The highest BCUT2D eigenvalue weighted by atomic mass is 16.7. The van der Waals surface area contributed by atoms with Crippen molar-refractivity contribution in [3.63, 3.8) is 0 Å². The molecule has 0 bridgehead atoms. The number of hydrogen-bond donors (Lipinski definition) is 1. The van der Waals surface area contributed by atoms with E-state index in [1.165, 1.54) is 11.1 Å². The molecule has 3 heterocycles. The molecule has 0 spiro atoms. The molecule has 1 aliphatic rings. The zero-order valence-corrected chi connectivity index (χ0v) is 20.3. The first-order valence-corrected chi connectivity index (χ1v) is 12.2. The first-order chi connectivity index (χ1) is 18.2. The predicted octanol–water partition coefficient (Wildman–Crippen LogP) is 6.30. The van der Waals surface area contributed by atoms with Gasteiger partial charge < -0.3 is 19.3 Å². The van der Waals surface area contributed by atoms with Crippen molar-refractivity contribution in [2.24, 2.45) is 0 Å². The van der Waals surface area contributed by atoms with Crippen molar-refractivity contribution < 1.29 is 23.7 Å². The maximum Gasteiger partial charge on any atom is 0.231 e. The second-order valence-electron chi connectivity index (χ2n) is 9.19. The topological polar surface area (TPSA) is 52.0 Å². The number of aliphatic hydroxyl groups is 1. The maximum atomic E-state index is 9.76. The van der Waals surface area contributed by atoms with Crippen LogP contribution in [0, 0.1) is 0 Å². The Morgan fingerprint density at radius 1 is 0.784 bits per heavy atom. The number of methoxy groups -OCH3 is 1. The molecule has 37 heavy (non-hydrogen) atoms. The Morgan fingerprint density at radius 2 is 1.54 bits per heavy atom. The van der Waals surface area contributed by atoms with Crippen molar-refractivity contribution in [3.05, 3.63) is 103 Å². The minimum atomic E-state index is -0.0740. The highest BCUT2D eigenvalue weighted by Crippen LogP contribution is 2.47. The zero-order chi connectivity index (χ0) is 24.9. The van der Waals surface area contributed by atoms with Crippen molar-refractivity contribution in [2.75, 3.05) is 13.9 Å². The van der Waals surface area contributed by atoms with Crippen molar-refractivity contribution in [1.82, 2.24) is 0 Å². The summed E-state index contributed by atoms with van der Waals surface area (Å²) in [6.07, 6.45) is 4.08. The number of ether oxygens (including phenoxy) is 3. The fourth-order valence-corrected chi connectivity index (χ4v) is 5.36. The summed E-state index contributed by atoms with van der Waals surface area (Å²) in [5.74, 6) is 2.24.